The minimum absolute atomic E-state index is 0.126. The van der Waals surface area contributed by atoms with Gasteiger partial charge in [0.2, 0.25) is 0 Å². The maximum Gasteiger partial charge on any atom is 0.434 e. The van der Waals surface area contributed by atoms with E-state index in [-0.39, 0.29) is 19.5 Å². The molecule has 9 heteroatoms. The molecule has 0 radical (unpaired) electrons. The lowest BCUT2D eigenvalue weighted by atomic mass is 10.3. The predicted octanol–water partition coefficient (Wildman–Crippen LogP) is 2.10. The van der Waals surface area contributed by atoms with Crippen molar-refractivity contribution >= 4 is 23.2 Å². The lowest BCUT2D eigenvalue weighted by Gasteiger charge is -2.19. The maximum atomic E-state index is 12.6. The molecule has 0 fully saturated rings. The molecular weight excluding hydrogens is 285 g/mol. The zero-order chi connectivity index (χ0) is 14.6. The largest absolute Gasteiger partial charge is 0.481 e. The molecule has 0 aromatic carbocycles. The summed E-state index contributed by atoms with van der Waals surface area (Å²) in [5, 5.41) is 8.53. The molecule has 5 nitrogen and oxygen atoms in total. The number of carboxylic acids is 1. The third-order valence-electron chi connectivity index (χ3n) is 2.29. The van der Waals surface area contributed by atoms with Crippen LogP contribution in [0.25, 0.3) is 0 Å². The van der Waals surface area contributed by atoms with Crippen molar-refractivity contribution in [3.05, 3.63) is 16.1 Å². The number of hydrogen-bond acceptors (Lipinski definition) is 4. The van der Waals surface area contributed by atoms with Crippen LogP contribution in [-0.4, -0.2) is 40.0 Å². The van der Waals surface area contributed by atoms with E-state index in [1.54, 1.807) is 6.92 Å². The second kappa shape index (κ2) is 6.00. The first-order chi connectivity index (χ1) is 8.77. The van der Waals surface area contributed by atoms with Gasteiger partial charge in [-0.2, -0.15) is 13.2 Å². The first-order valence-electron chi connectivity index (χ1n) is 5.29. The lowest BCUT2D eigenvalue weighted by Crippen LogP contribution is -2.33. The average Bonchev–Trinajstić information content (AvgIpc) is 2.77. The Kier molecular flexibility index (Phi) is 4.87. The third kappa shape index (κ3) is 3.91. The molecule has 0 aliphatic rings. The van der Waals surface area contributed by atoms with Gasteiger partial charge in [-0.15, -0.1) is 11.3 Å². The van der Waals surface area contributed by atoms with Crippen LogP contribution in [0, 0.1) is 0 Å². The number of hydrogen-bond donors (Lipinski definition) is 1. The van der Waals surface area contributed by atoms with E-state index < -0.39 is 28.6 Å². The zero-order valence-electron chi connectivity index (χ0n) is 9.90. The number of halogens is 3. The van der Waals surface area contributed by atoms with Crippen molar-refractivity contribution in [3.63, 3.8) is 0 Å². The second-order valence-corrected chi connectivity index (χ2v) is 4.41. The highest BCUT2D eigenvalue weighted by molar-refractivity contribution is 7.11. The Hall–Kier alpha value is -1.64. The molecule has 0 unspecified atom stereocenters. The van der Waals surface area contributed by atoms with Crippen molar-refractivity contribution in [2.75, 3.05) is 13.1 Å². The van der Waals surface area contributed by atoms with E-state index in [0.717, 1.165) is 10.4 Å². The summed E-state index contributed by atoms with van der Waals surface area (Å²) in [6.07, 6.45) is -5.02. The Bertz CT molecular complexity index is 473. The van der Waals surface area contributed by atoms with Crippen molar-refractivity contribution in [2.45, 2.75) is 19.5 Å². The summed E-state index contributed by atoms with van der Waals surface area (Å²) in [4.78, 5) is 26.0. The molecule has 0 bridgehead atoms. The first-order valence-corrected chi connectivity index (χ1v) is 6.17. The molecule has 1 rings (SSSR count). The summed E-state index contributed by atoms with van der Waals surface area (Å²) in [6.45, 7) is 1.55. The van der Waals surface area contributed by atoms with Gasteiger partial charge in [0, 0.05) is 13.1 Å². The van der Waals surface area contributed by atoms with Crippen LogP contribution >= 0.6 is 11.3 Å². The number of carbonyl (C=O) groups is 2. The molecule has 0 saturated carbocycles. The molecule has 1 N–H and O–H groups in total. The Morgan fingerprint density at radius 1 is 1.47 bits per heavy atom. The summed E-state index contributed by atoms with van der Waals surface area (Å²) in [5.41, 5.74) is -0.280. The highest BCUT2D eigenvalue weighted by Gasteiger charge is 2.39. The van der Waals surface area contributed by atoms with Crippen LogP contribution < -0.4 is 0 Å². The van der Waals surface area contributed by atoms with E-state index in [2.05, 4.69) is 4.98 Å². The maximum absolute atomic E-state index is 12.6. The van der Waals surface area contributed by atoms with E-state index in [1.807, 2.05) is 0 Å². The number of nitrogens with zero attached hydrogens (tertiary/aromatic N) is 2. The molecule has 1 heterocycles. The van der Waals surface area contributed by atoms with Crippen LogP contribution in [0.15, 0.2) is 5.51 Å². The average molecular weight is 296 g/mol. The minimum atomic E-state index is -4.70. The third-order valence-corrected chi connectivity index (χ3v) is 3.11. The van der Waals surface area contributed by atoms with Crippen LogP contribution in [0.1, 0.15) is 28.7 Å². The van der Waals surface area contributed by atoms with Gasteiger partial charge < -0.3 is 10.0 Å². The number of amides is 1. The highest BCUT2D eigenvalue weighted by atomic mass is 32.1. The smallest absolute Gasteiger partial charge is 0.434 e. The fraction of sp³-hybridized carbons (Fsp3) is 0.500. The fourth-order valence-corrected chi connectivity index (χ4v) is 2.15. The van der Waals surface area contributed by atoms with Crippen molar-refractivity contribution in [1.29, 1.82) is 0 Å². The number of aliphatic carboxylic acids is 1. The quantitative estimate of drug-likeness (QED) is 0.903. The van der Waals surface area contributed by atoms with Crippen molar-refractivity contribution in [3.8, 4) is 0 Å². The normalized spacial score (nSPS) is 11.4. The molecular formula is C10H11F3N2O3S. The zero-order valence-corrected chi connectivity index (χ0v) is 10.7. The molecule has 19 heavy (non-hydrogen) atoms. The van der Waals surface area contributed by atoms with Gasteiger partial charge in [0.1, 0.15) is 4.88 Å². The number of thiazole rings is 1. The van der Waals surface area contributed by atoms with Crippen molar-refractivity contribution in [1.82, 2.24) is 9.88 Å². The Morgan fingerprint density at radius 3 is 2.58 bits per heavy atom. The van der Waals surface area contributed by atoms with Gasteiger partial charge in [-0.05, 0) is 6.92 Å². The monoisotopic (exact) mass is 296 g/mol. The Labute approximate surface area is 110 Å². The molecule has 1 aromatic heterocycles. The van der Waals surface area contributed by atoms with Gasteiger partial charge in [0.15, 0.2) is 5.69 Å². The van der Waals surface area contributed by atoms with Gasteiger partial charge in [-0.3, -0.25) is 9.59 Å². The Morgan fingerprint density at radius 2 is 2.11 bits per heavy atom. The van der Waals surface area contributed by atoms with Crippen molar-refractivity contribution < 1.29 is 27.9 Å². The number of carbonyl (C=O) groups excluding carboxylic acids is 1. The number of aromatic nitrogens is 1. The molecule has 1 amide bonds. The minimum Gasteiger partial charge on any atom is -0.481 e. The van der Waals surface area contributed by atoms with Gasteiger partial charge >= 0.3 is 12.1 Å². The van der Waals surface area contributed by atoms with Crippen LogP contribution in [0.3, 0.4) is 0 Å². The van der Waals surface area contributed by atoms with Gasteiger partial charge in [0.05, 0.1) is 11.9 Å². The molecule has 0 aliphatic heterocycles. The van der Waals surface area contributed by atoms with Crippen molar-refractivity contribution in [2.24, 2.45) is 0 Å². The topological polar surface area (TPSA) is 70.5 Å². The molecule has 0 spiro atoms. The van der Waals surface area contributed by atoms with Crippen LogP contribution in [0.5, 0.6) is 0 Å². The van der Waals surface area contributed by atoms with E-state index in [1.165, 1.54) is 0 Å². The molecule has 0 aliphatic carbocycles. The number of rotatable bonds is 5. The SMILES string of the molecule is CCN(CCC(=O)O)C(=O)c1scnc1C(F)(F)F. The number of alkyl halides is 3. The molecule has 106 valence electrons. The summed E-state index contributed by atoms with van der Waals surface area (Å²) in [6, 6.07) is 0. The standard InChI is InChI=1S/C10H11F3N2O3S/c1-2-15(4-3-6(16)17)9(18)7-8(10(11,12)13)14-5-19-7/h5H,2-4H2,1H3,(H,16,17). The first kappa shape index (κ1) is 15.4. The Balaban J connectivity index is 2.92. The van der Waals surface area contributed by atoms with Crippen LogP contribution in [0.4, 0.5) is 13.2 Å². The second-order valence-electron chi connectivity index (χ2n) is 3.56. The van der Waals surface area contributed by atoms with Gasteiger partial charge in [-0.25, -0.2) is 4.98 Å². The molecule has 1 aromatic rings. The summed E-state index contributed by atoms with van der Waals surface area (Å²) >= 11 is 0.593. The van der Waals surface area contributed by atoms with Gasteiger partial charge in [0.25, 0.3) is 5.91 Å². The van der Waals surface area contributed by atoms with E-state index >= 15 is 0 Å². The van der Waals surface area contributed by atoms with E-state index in [9.17, 15) is 22.8 Å². The van der Waals surface area contributed by atoms with E-state index in [4.69, 9.17) is 5.11 Å². The summed E-state index contributed by atoms with van der Waals surface area (Å²) < 4.78 is 37.8. The van der Waals surface area contributed by atoms with E-state index in [0.29, 0.717) is 11.3 Å². The summed E-state index contributed by atoms with van der Waals surface area (Å²) in [5.74, 6) is -1.97. The lowest BCUT2D eigenvalue weighted by molar-refractivity contribution is -0.141. The fourth-order valence-electron chi connectivity index (χ4n) is 1.38. The summed E-state index contributed by atoms with van der Waals surface area (Å²) in [7, 11) is 0. The van der Waals surface area contributed by atoms with Crippen LogP contribution in [0.2, 0.25) is 0 Å². The number of carboxylic acid groups (broad SMARTS) is 1. The highest BCUT2D eigenvalue weighted by Crippen LogP contribution is 2.33. The molecule has 0 saturated heterocycles. The van der Waals surface area contributed by atoms with Gasteiger partial charge in [-0.1, -0.05) is 0 Å². The predicted molar refractivity (Wildman–Crippen MR) is 60.9 cm³/mol. The molecule has 0 atom stereocenters. The van der Waals surface area contributed by atoms with Crippen LogP contribution in [-0.2, 0) is 11.0 Å².